The van der Waals surface area contributed by atoms with Crippen molar-refractivity contribution in [2.45, 2.75) is 19.4 Å². The summed E-state index contributed by atoms with van der Waals surface area (Å²) >= 11 is 0. The van der Waals surface area contributed by atoms with Gasteiger partial charge < -0.3 is 15.1 Å². The third kappa shape index (κ3) is 2.51. The van der Waals surface area contributed by atoms with Gasteiger partial charge in [0.1, 0.15) is 5.82 Å². The van der Waals surface area contributed by atoms with E-state index in [1.54, 1.807) is 0 Å². The van der Waals surface area contributed by atoms with Crippen LogP contribution >= 0.6 is 0 Å². The first-order valence-electron chi connectivity index (χ1n) is 5.76. The first kappa shape index (κ1) is 11.4. The van der Waals surface area contributed by atoms with Crippen LogP contribution in [0.3, 0.4) is 0 Å². The van der Waals surface area contributed by atoms with Gasteiger partial charge in [-0.1, -0.05) is 6.07 Å². The fourth-order valence-electron chi connectivity index (χ4n) is 2.15. The summed E-state index contributed by atoms with van der Waals surface area (Å²) in [5, 5.41) is 18.2. The molecule has 0 bridgehead atoms. The smallest absolute Gasteiger partial charge is 0.128 e. The SMILES string of the molecule is OCc1cccc(N2CCCC(CO)C2)n1. The van der Waals surface area contributed by atoms with Gasteiger partial charge in [-0.05, 0) is 30.9 Å². The number of aliphatic hydroxyl groups excluding tert-OH is 2. The van der Waals surface area contributed by atoms with E-state index >= 15 is 0 Å². The van der Waals surface area contributed by atoms with Gasteiger partial charge in [0.25, 0.3) is 0 Å². The van der Waals surface area contributed by atoms with Crippen LogP contribution in [0.1, 0.15) is 18.5 Å². The van der Waals surface area contributed by atoms with Crippen molar-refractivity contribution >= 4 is 5.82 Å². The topological polar surface area (TPSA) is 56.6 Å². The maximum Gasteiger partial charge on any atom is 0.128 e. The molecule has 1 aliphatic rings. The Morgan fingerprint density at radius 2 is 2.25 bits per heavy atom. The molecule has 0 radical (unpaired) electrons. The normalized spacial score (nSPS) is 21.1. The summed E-state index contributed by atoms with van der Waals surface area (Å²) in [6, 6.07) is 5.69. The fraction of sp³-hybridized carbons (Fsp3) is 0.583. The van der Waals surface area contributed by atoms with Crippen molar-refractivity contribution in [3.05, 3.63) is 23.9 Å². The lowest BCUT2D eigenvalue weighted by atomic mass is 9.99. The van der Waals surface area contributed by atoms with Crippen molar-refractivity contribution in [2.24, 2.45) is 5.92 Å². The molecule has 1 fully saturated rings. The van der Waals surface area contributed by atoms with Gasteiger partial charge >= 0.3 is 0 Å². The lowest BCUT2D eigenvalue weighted by Crippen LogP contribution is -2.37. The average molecular weight is 222 g/mol. The summed E-state index contributed by atoms with van der Waals surface area (Å²) in [6.07, 6.45) is 2.18. The standard InChI is InChI=1S/C12H18N2O2/c15-8-10-3-2-6-14(7-10)12-5-1-4-11(9-16)13-12/h1,4-5,10,15-16H,2-3,6-9H2. The number of aliphatic hydroxyl groups is 2. The van der Waals surface area contributed by atoms with Crippen LogP contribution in [-0.4, -0.2) is 34.9 Å². The summed E-state index contributed by atoms with van der Waals surface area (Å²) in [6.45, 7) is 2.07. The first-order chi connectivity index (χ1) is 7.83. The minimum Gasteiger partial charge on any atom is -0.396 e. The van der Waals surface area contributed by atoms with Gasteiger partial charge in [0.15, 0.2) is 0 Å². The minimum absolute atomic E-state index is 0.0227. The number of aromatic nitrogens is 1. The molecule has 2 heterocycles. The second-order valence-corrected chi connectivity index (χ2v) is 4.28. The summed E-state index contributed by atoms with van der Waals surface area (Å²) in [7, 11) is 0. The van der Waals surface area contributed by atoms with Gasteiger partial charge in [0, 0.05) is 19.7 Å². The Morgan fingerprint density at radius 3 is 3.00 bits per heavy atom. The van der Waals surface area contributed by atoms with Gasteiger partial charge in [-0.25, -0.2) is 4.98 Å². The van der Waals surface area contributed by atoms with E-state index < -0.39 is 0 Å². The predicted octanol–water partition coefficient (Wildman–Crippen LogP) is 0.783. The second-order valence-electron chi connectivity index (χ2n) is 4.28. The first-order valence-corrected chi connectivity index (χ1v) is 5.76. The molecule has 0 amide bonds. The molecule has 1 aliphatic heterocycles. The number of hydrogen-bond acceptors (Lipinski definition) is 4. The molecule has 1 unspecified atom stereocenters. The molecule has 4 heteroatoms. The van der Waals surface area contributed by atoms with Crippen molar-refractivity contribution in [1.82, 2.24) is 4.98 Å². The zero-order chi connectivity index (χ0) is 11.4. The zero-order valence-electron chi connectivity index (χ0n) is 9.34. The molecular weight excluding hydrogens is 204 g/mol. The molecule has 1 aromatic rings. The highest BCUT2D eigenvalue weighted by Gasteiger charge is 2.20. The lowest BCUT2D eigenvalue weighted by molar-refractivity contribution is 0.208. The molecule has 4 nitrogen and oxygen atoms in total. The number of rotatable bonds is 3. The van der Waals surface area contributed by atoms with E-state index in [1.165, 1.54) is 0 Å². The van der Waals surface area contributed by atoms with Crippen molar-refractivity contribution in [3.8, 4) is 0 Å². The fourth-order valence-corrected chi connectivity index (χ4v) is 2.15. The number of anilines is 1. The highest BCUT2D eigenvalue weighted by molar-refractivity contribution is 5.39. The van der Waals surface area contributed by atoms with Crippen LogP contribution in [0.15, 0.2) is 18.2 Å². The van der Waals surface area contributed by atoms with Crippen molar-refractivity contribution in [2.75, 3.05) is 24.6 Å². The minimum atomic E-state index is -0.0227. The predicted molar refractivity (Wildman–Crippen MR) is 62.2 cm³/mol. The largest absolute Gasteiger partial charge is 0.396 e. The molecule has 1 aromatic heterocycles. The lowest BCUT2D eigenvalue weighted by Gasteiger charge is -2.32. The van der Waals surface area contributed by atoms with Crippen molar-refractivity contribution < 1.29 is 10.2 Å². The van der Waals surface area contributed by atoms with E-state index in [0.717, 1.165) is 31.7 Å². The quantitative estimate of drug-likeness (QED) is 0.793. The van der Waals surface area contributed by atoms with Gasteiger partial charge in [0.2, 0.25) is 0 Å². The van der Waals surface area contributed by atoms with Crippen LogP contribution in [-0.2, 0) is 6.61 Å². The Hall–Kier alpha value is -1.13. The summed E-state index contributed by atoms with van der Waals surface area (Å²) in [5.74, 6) is 1.26. The van der Waals surface area contributed by atoms with Crippen molar-refractivity contribution in [3.63, 3.8) is 0 Å². The van der Waals surface area contributed by atoms with E-state index in [9.17, 15) is 0 Å². The van der Waals surface area contributed by atoms with E-state index in [1.807, 2.05) is 18.2 Å². The maximum atomic E-state index is 9.17. The molecule has 0 saturated carbocycles. The number of nitrogens with zero attached hydrogens (tertiary/aromatic N) is 2. The third-order valence-electron chi connectivity index (χ3n) is 3.06. The number of pyridine rings is 1. The number of hydrogen-bond donors (Lipinski definition) is 2. The van der Waals surface area contributed by atoms with Crippen LogP contribution in [0.5, 0.6) is 0 Å². The Labute approximate surface area is 95.5 Å². The summed E-state index contributed by atoms with van der Waals surface area (Å²) in [4.78, 5) is 6.56. The molecule has 0 aromatic carbocycles. The summed E-state index contributed by atoms with van der Waals surface area (Å²) < 4.78 is 0. The van der Waals surface area contributed by atoms with Gasteiger partial charge in [-0.2, -0.15) is 0 Å². The van der Waals surface area contributed by atoms with E-state index in [2.05, 4.69) is 9.88 Å². The van der Waals surface area contributed by atoms with Crippen molar-refractivity contribution in [1.29, 1.82) is 0 Å². The van der Waals surface area contributed by atoms with Crippen LogP contribution in [0, 0.1) is 5.92 Å². The monoisotopic (exact) mass is 222 g/mol. The molecule has 16 heavy (non-hydrogen) atoms. The molecule has 2 rings (SSSR count). The van der Waals surface area contributed by atoms with E-state index in [-0.39, 0.29) is 13.2 Å². The highest BCUT2D eigenvalue weighted by atomic mass is 16.3. The molecule has 0 spiro atoms. The maximum absolute atomic E-state index is 9.17. The van der Waals surface area contributed by atoms with E-state index in [4.69, 9.17) is 10.2 Å². The van der Waals surface area contributed by atoms with E-state index in [0.29, 0.717) is 11.6 Å². The summed E-state index contributed by atoms with van der Waals surface area (Å²) in [5.41, 5.74) is 0.698. The second kappa shape index (κ2) is 5.27. The molecular formula is C12H18N2O2. The highest BCUT2D eigenvalue weighted by Crippen LogP contribution is 2.21. The average Bonchev–Trinajstić information content (AvgIpc) is 2.39. The Bertz CT molecular complexity index is 344. The van der Waals surface area contributed by atoms with Crippen LogP contribution in [0.4, 0.5) is 5.82 Å². The number of piperidine rings is 1. The molecule has 2 N–H and O–H groups in total. The van der Waals surface area contributed by atoms with Crippen LogP contribution in [0.25, 0.3) is 0 Å². The van der Waals surface area contributed by atoms with Gasteiger partial charge in [0.05, 0.1) is 12.3 Å². The Kier molecular flexibility index (Phi) is 3.74. The Balaban J connectivity index is 2.10. The van der Waals surface area contributed by atoms with Gasteiger partial charge in [-0.15, -0.1) is 0 Å². The molecule has 1 saturated heterocycles. The Morgan fingerprint density at radius 1 is 1.38 bits per heavy atom. The molecule has 88 valence electrons. The van der Waals surface area contributed by atoms with Gasteiger partial charge in [-0.3, -0.25) is 0 Å². The zero-order valence-corrected chi connectivity index (χ0v) is 9.34. The molecule has 1 atom stereocenters. The third-order valence-corrected chi connectivity index (χ3v) is 3.06. The van der Waals surface area contributed by atoms with Crippen LogP contribution in [0.2, 0.25) is 0 Å². The molecule has 0 aliphatic carbocycles. The van der Waals surface area contributed by atoms with Crippen LogP contribution < -0.4 is 4.90 Å².